The molecule has 1 aromatic heterocycles. The number of piperazine rings is 1. The van der Waals surface area contributed by atoms with Crippen LogP contribution in [0.25, 0.3) is 0 Å². The van der Waals surface area contributed by atoms with Gasteiger partial charge in [0.2, 0.25) is 12.3 Å². The summed E-state index contributed by atoms with van der Waals surface area (Å²) < 4.78 is 0. The third-order valence-corrected chi connectivity index (χ3v) is 4.31. The zero-order valence-electron chi connectivity index (χ0n) is 15.8. The van der Waals surface area contributed by atoms with Crippen LogP contribution in [-0.2, 0) is 9.59 Å². The average Bonchev–Trinajstić information content (AvgIpc) is 2.68. The van der Waals surface area contributed by atoms with Crippen LogP contribution in [0.4, 0.5) is 17.2 Å². The molecule has 146 valence electrons. The number of carbonyl (C=O) groups excluding carboxylic acids is 3. The van der Waals surface area contributed by atoms with E-state index >= 15 is 0 Å². The molecule has 0 radical (unpaired) electrons. The van der Waals surface area contributed by atoms with E-state index in [1.165, 1.54) is 6.92 Å². The largest absolute Gasteiger partial charge is 0.353 e. The maximum absolute atomic E-state index is 12.6. The zero-order valence-corrected chi connectivity index (χ0v) is 15.8. The van der Waals surface area contributed by atoms with E-state index in [9.17, 15) is 14.4 Å². The molecule has 1 aliphatic heterocycles. The van der Waals surface area contributed by atoms with Crippen LogP contribution in [0.1, 0.15) is 23.2 Å². The molecule has 3 rings (SSSR count). The van der Waals surface area contributed by atoms with Gasteiger partial charge >= 0.3 is 0 Å². The molecule has 9 heteroatoms. The summed E-state index contributed by atoms with van der Waals surface area (Å²) in [5.74, 6) is 0.672. The van der Waals surface area contributed by atoms with Crippen LogP contribution in [0.3, 0.4) is 0 Å². The Morgan fingerprint density at radius 2 is 1.61 bits per heavy atom. The summed E-state index contributed by atoms with van der Waals surface area (Å²) in [5.41, 5.74) is 1.52. The van der Waals surface area contributed by atoms with Crippen molar-refractivity contribution in [3.63, 3.8) is 0 Å². The Morgan fingerprint density at radius 1 is 1.00 bits per heavy atom. The molecular formula is C19H22N6O3. The topological polar surface area (TPSA) is 108 Å². The second kappa shape index (κ2) is 8.47. The number of rotatable bonds is 5. The molecule has 2 N–H and O–H groups in total. The van der Waals surface area contributed by atoms with Crippen molar-refractivity contribution in [2.75, 3.05) is 41.7 Å². The van der Waals surface area contributed by atoms with Crippen LogP contribution in [-0.4, -0.2) is 59.3 Å². The average molecular weight is 382 g/mol. The predicted octanol–water partition coefficient (Wildman–Crippen LogP) is 1.27. The highest BCUT2D eigenvalue weighted by atomic mass is 16.2. The number of benzene rings is 1. The molecule has 28 heavy (non-hydrogen) atoms. The molecule has 2 heterocycles. The van der Waals surface area contributed by atoms with Crippen LogP contribution in [0, 0.1) is 6.92 Å². The number of hydrogen-bond donors (Lipinski definition) is 2. The van der Waals surface area contributed by atoms with E-state index in [-0.39, 0.29) is 17.5 Å². The first-order valence-electron chi connectivity index (χ1n) is 8.93. The summed E-state index contributed by atoms with van der Waals surface area (Å²) in [5, 5.41) is 5.47. The Balaban J connectivity index is 1.70. The van der Waals surface area contributed by atoms with Gasteiger partial charge in [0.15, 0.2) is 0 Å². The minimum absolute atomic E-state index is 0.158. The third-order valence-electron chi connectivity index (χ3n) is 4.31. The lowest BCUT2D eigenvalue weighted by Crippen LogP contribution is -2.46. The van der Waals surface area contributed by atoms with Crippen molar-refractivity contribution in [1.82, 2.24) is 14.9 Å². The third kappa shape index (κ3) is 4.81. The summed E-state index contributed by atoms with van der Waals surface area (Å²) in [6, 6.07) is 8.48. The zero-order chi connectivity index (χ0) is 20.1. The number of nitrogens with zero attached hydrogens (tertiary/aromatic N) is 4. The van der Waals surface area contributed by atoms with Crippen LogP contribution in [0.2, 0.25) is 0 Å². The summed E-state index contributed by atoms with van der Waals surface area (Å²) in [6.07, 6.45) is 0.846. The molecule has 2 aromatic rings. The SMILES string of the molecule is CC(=O)Nc1ccc(NC(=O)c2cc(N3CCN(C=O)CC3)nc(C)n2)cc1. The molecule has 0 bridgehead atoms. The number of nitrogens with one attached hydrogen (secondary N) is 2. The number of anilines is 3. The van der Waals surface area contributed by atoms with Crippen LogP contribution < -0.4 is 15.5 Å². The highest BCUT2D eigenvalue weighted by molar-refractivity contribution is 6.03. The number of amides is 3. The lowest BCUT2D eigenvalue weighted by Gasteiger charge is -2.33. The molecule has 0 spiro atoms. The molecule has 0 aliphatic carbocycles. The van der Waals surface area contributed by atoms with Gasteiger partial charge < -0.3 is 20.4 Å². The van der Waals surface area contributed by atoms with Crippen molar-refractivity contribution >= 4 is 35.4 Å². The Labute approximate surface area is 162 Å². The number of aryl methyl sites for hydroxylation is 1. The van der Waals surface area contributed by atoms with E-state index in [0.29, 0.717) is 49.2 Å². The van der Waals surface area contributed by atoms with Gasteiger partial charge in [0.1, 0.15) is 17.3 Å². The van der Waals surface area contributed by atoms with Crippen molar-refractivity contribution < 1.29 is 14.4 Å². The highest BCUT2D eigenvalue weighted by Gasteiger charge is 2.19. The van der Waals surface area contributed by atoms with Gasteiger partial charge in [0.05, 0.1) is 0 Å². The highest BCUT2D eigenvalue weighted by Crippen LogP contribution is 2.17. The number of carbonyl (C=O) groups is 3. The smallest absolute Gasteiger partial charge is 0.274 e. The van der Waals surface area contributed by atoms with Crippen molar-refractivity contribution in [3.05, 3.63) is 41.9 Å². The van der Waals surface area contributed by atoms with Crippen LogP contribution >= 0.6 is 0 Å². The monoisotopic (exact) mass is 382 g/mol. The van der Waals surface area contributed by atoms with Crippen molar-refractivity contribution in [2.45, 2.75) is 13.8 Å². The molecule has 1 aromatic carbocycles. The quantitative estimate of drug-likeness (QED) is 0.754. The van der Waals surface area contributed by atoms with Crippen LogP contribution in [0.5, 0.6) is 0 Å². The van der Waals surface area contributed by atoms with E-state index in [1.807, 2.05) is 4.90 Å². The predicted molar refractivity (Wildman–Crippen MR) is 105 cm³/mol. The lowest BCUT2D eigenvalue weighted by molar-refractivity contribution is -0.118. The van der Waals surface area contributed by atoms with Crippen LogP contribution in [0.15, 0.2) is 30.3 Å². The van der Waals surface area contributed by atoms with Gasteiger partial charge in [0, 0.05) is 50.5 Å². The molecule has 3 amide bonds. The number of hydrogen-bond acceptors (Lipinski definition) is 6. The summed E-state index contributed by atoms with van der Waals surface area (Å²) in [4.78, 5) is 47.0. The van der Waals surface area contributed by atoms with Gasteiger partial charge in [-0.15, -0.1) is 0 Å². The lowest BCUT2D eigenvalue weighted by atomic mass is 10.2. The fourth-order valence-corrected chi connectivity index (χ4v) is 2.92. The molecule has 0 saturated carbocycles. The fourth-order valence-electron chi connectivity index (χ4n) is 2.92. The van der Waals surface area contributed by atoms with E-state index in [1.54, 1.807) is 42.2 Å². The minimum Gasteiger partial charge on any atom is -0.353 e. The fraction of sp³-hybridized carbons (Fsp3) is 0.316. The van der Waals surface area contributed by atoms with Crippen molar-refractivity contribution in [3.8, 4) is 0 Å². The van der Waals surface area contributed by atoms with E-state index in [0.717, 1.165) is 6.41 Å². The van der Waals surface area contributed by atoms with E-state index in [2.05, 4.69) is 20.6 Å². The second-order valence-electron chi connectivity index (χ2n) is 6.50. The second-order valence-corrected chi connectivity index (χ2v) is 6.50. The molecule has 9 nitrogen and oxygen atoms in total. The molecular weight excluding hydrogens is 360 g/mol. The first-order valence-corrected chi connectivity index (χ1v) is 8.93. The first-order chi connectivity index (χ1) is 13.4. The standard InChI is InChI=1S/C19H22N6O3/c1-13-20-17(11-18(21-13)25-9-7-24(12-26)8-10-25)19(28)23-16-5-3-15(4-6-16)22-14(2)27/h3-6,11-12H,7-10H2,1-2H3,(H,22,27)(H,23,28). The van der Waals surface area contributed by atoms with Gasteiger partial charge in [-0.05, 0) is 31.2 Å². The molecule has 1 aliphatic rings. The van der Waals surface area contributed by atoms with E-state index < -0.39 is 0 Å². The summed E-state index contributed by atoms with van der Waals surface area (Å²) in [7, 11) is 0. The maximum Gasteiger partial charge on any atom is 0.274 e. The first kappa shape index (κ1) is 19.3. The molecule has 1 saturated heterocycles. The van der Waals surface area contributed by atoms with Gasteiger partial charge in [0.25, 0.3) is 5.91 Å². The Hall–Kier alpha value is -3.49. The summed E-state index contributed by atoms with van der Waals surface area (Å²) >= 11 is 0. The van der Waals surface area contributed by atoms with E-state index in [4.69, 9.17) is 0 Å². The Bertz CT molecular complexity index is 876. The molecule has 0 unspecified atom stereocenters. The minimum atomic E-state index is -0.342. The van der Waals surface area contributed by atoms with Crippen molar-refractivity contribution in [1.29, 1.82) is 0 Å². The van der Waals surface area contributed by atoms with Gasteiger partial charge in [-0.2, -0.15) is 0 Å². The normalized spacial score (nSPS) is 13.8. The Kier molecular flexibility index (Phi) is 5.83. The maximum atomic E-state index is 12.6. The number of aromatic nitrogens is 2. The van der Waals surface area contributed by atoms with Gasteiger partial charge in [-0.1, -0.05) is 0 Å². The van der Waals surface area contributed by atoms with Gasteiger partial charge in [-0.25, -0.2) is 9.97 Å². The van der Waals surface area contributed by atoms with Crippen molar-refractivity contribution in [2.24, 2.45) is 0 Å². The summed E-state index contributed by atoms with van der Waals surface area (Å²) in [6.45, 7) is 5.72. The molecule has 1 fully saturated rings. The Morgan fingerprint density at radius 3 is 2.18 bits per heavy atom. The molecule has 0 atom stereocenters. The van der Waals surface area contributed by atoms with Gasteiger partial charge in [-0.3, -0.25) is 14.4 Å².